The SMILES string of the molecule is C[C@H]1C[C@@H](OCN=[N+]=[N-])[C@@H](COP(=O)(O)OP(=O)(O)OP(=O)(O)O)O1. The molecule has 5 atom stereocenters. The zero-order chi connectivity index (χ0) is 19.3. The van der Waals surface area contributed by atoms with Gasteiger partial charge >= 0.3 is 23.5 Å². The highest BCUT2D eigenvalue weighted by Crippen LogP contribution is 2.66. The summed E-state index contributed by atoms with van der Waals surface area (Å²) < 4.78 is 55.4. The molecule has 0 aromatic heterocycles. The molecule has 1 aliphatic heterocycles. The number of hydrogen-bond donors (Lipinski definition) is 4. The Morgan fingerprint density at radius 2 is 1.84 bits per heavy atom. The summed E-state index contributed by atoms with van der Waals surface area (Å²) in [5.74, 6) is 0. The van der Waals surface area contributed by atoms with Gasteiger partial charge in [-0.25, -0.2) is 13.7 Å². The second-order valence-corrected chi connectivity index (χ2v) is 9.09. The molecule has 1 aliphatic rings. The lowest BCUT2D eigenvalue weighted by Gasteiger charge is -2.20. The van der Waals surface area contributed by atoms with Gasteiger partial charge < -0.3 is 29.0 Å². The van der Waals surface area contributed by atoms with Crippen LogP contribution in [0.2, 0.25) is 0 Å². The molecule has 1 saturated heterocycles. The highest BCUT2D eigenvalue weighted by molar-refractivity contribution is 7.66. The Balaban J connectivity index is 2.61. The Morgan fingerprint density at radius 1 is 1.20 bits per heavy atom. The Labute approximate surface area is 140 Å². The maximum Gasteiger partial charge on any atom is 0.490 e. The molecule has 2 unspecified atom stereocenters. The number of phosphoric ester groups is 1. The molecule has 0 radical (unpaired) electrons. The second-order valence-electron chi connectivity index (χ2n) is 4.67. The van der Waals surface area contributed by atoms with Crippen LogP contribution in [-0.4, -0.2) is 51.2 Å². The van der Waals surface area contributed by atoms with Crippen molar-refractivity contribution in [2.24, 2.45) is 5.11 Å². The maximum absolute atomic E-state index is 11.6. The summed E-state index contributed by atoms with van der Waals surface area (Å²) in [4.78, 5) is 37.7. The molecular weight excluding hydrogens is 411 g/mol. The van der Waals surface area contributed by atoms with Gasteiger partial charge in [0.25, 0.3) is 0 Å². The van der Waals surface area contributed by atoms with Crippen LogP contribution in [0.3, 0.4) is 0 Å². The third kappa shape index (κ3) is 9.23. The van der Waals surface area contributed by atoms with Gasteiger partial charge in [0.1, 0.15) is 12.8 Å². The van der Waals surface area contributed by atoms with E-state index in [1.165, 1.54) is 0 Å². The first-order valence-corrected chi connectivity index (χ1v) is 10.9. The first-order valence-electron chi connectivity index (χ1n) is 6.40. The zero-order valence-corrected chi connectivity index (χ0v) is 15.3. The van der Waals surface area contributed by atoms with Gasteiger partial charge in [-0.15, -0.1) is 0 Å². The lowest BCUT2D eigenvalue weighted by atomic mass is 10.1. The van der Waals surface area contributed by atoms with Crippen molar-refractivity contribution in [3.05, 3.63) is 10.4 Å². The van der Waals surface area contributed by atoms with Crippen LogP contribution in [0.4, 0.5) is 0 Å². The van der Waals surface area contributed by atoms with E-state index in [0.29, 0.717) is 6.42 Å². The quantitative estimate of drug-likeness (QED) is 0.167. The normalized spacial score (nSPS) is 28.8. The molecule has 0 aromatic rings. The molecule has 1 heterocycles. The fourth-order valence-corrected chi connectivity index (χ4v) is 4.90. The third-order valence-electron chi connectivity index (χ3n) is 2.61. The molecule has 1 fully saturated rings. The summed E-state index contributed by atoms with van der Waals surface area (Å²) in [6, 6.07) is 0. The highest BCUT2D eigenvalue weighted by Gasteiger charge is 2.42. The van der Waals surface area contributed by atoms with Crippen molar-refractivity contribution in [2.45, 2.75) is 31.7 Å². The second kappa shape index (κ2) is 9.03. The molecule has 15 nitrogen and oxygen atoms in total. The van der Waals surface area contributed by atoms with Crippen molar-refractivity contribution in [3.8, 4) is 0 Å². The van der Waals surface area contributed by atoms with Gasteiger partial charge in [0.15, 0.2) is 0 Å². The summed E-state index contributed by atoms with van der Waals surface area (Å²) in [6.45, 7) is 0.729. The van der Waals surface area contributed by atoms with Crippen molar-refractivity contribution in [3.63, 3.8) is 0 Å². The lowest BCUT2D eigenvalue weighted by Crippen LogP contribution is -2.29. The number of rotatable bonds is 10. The minimum Gasteiger partial charge on any atom is -0.370 e. The van der Waals surface area contributed by atoms with Crippen LogP contribution in [0.5, 0.6) is 0 Å². The Kier molecular flexibility index (Phi) is 8.19. The number of azide groups is 1. The molecular formula is C7H16N3O12P3. The van der Waals surface area contributed by atoms with E-state index in [9.17, 15) is 18.6 Å². The standard InChI is InChI=1S/C7H16N3O12P3/c1-5-2-6(18-4-9-10-8)7(20-5)3-19-24(14,15)22-25(16,17)21-23(11,12)13/h5-7H,2-4H2,1H3,(H,14,15)(H,16,17)(H2,11,12,13)/t5-,6+,7+/m0/s1. The van der Waals surface area contributed by atoms with Gasteiger partial charge in [0, 0.05) is 11.3 Å². The average molecular weight is 427 g/mol. The van der Waals surface area contributed by atoms with Crippen LogP contribution in [0.15, 0.2) is 5.11 Å². The largest absolute Gasteiger partial charge is 0.490 e. The molecule has 0 aromatic carbocycles. The smallest absolute Gasteiger partial charge is 0.370 e. The molecule has 4 N–H and O–H groups in total. The number of nitrogens with zero attached hydrogens (tertiary/aromatic N) is 3. The van der Waals surface area contributed by atoms with Crippen LogP contribution in [0.1, 0.15) is 13.3 Å². The van der Waals surface area contributed by atoms with Crippen molar-refractivity contribution < 1.29 is 55.9 Å². The maximum atomic E-state index is 11.6. The molecule has 25 heavy (non-hydrogen) atoms. The first-order chi connectivity index (χ1) is 11.3. The van der Waals surface area contributed by atoms with Gasteiger partial charge in [-0.05, 0) is 12.5 Å². The van der Waals surface area contributed by atoms with E-state index in [2.05, 4.69) is 23.2 Å². The molecule has 0 bridgehead atoms. The summed E-state index contributed by atoms with van der Waals surface area (Å²) in [5.41, 5.74) is 8.18. The van der Waals surface area contributed by atoms with Crippen molar-refractivity contribution in [1.29, 1.82) is 0 Å². The Hall–Kier alpha value is -0.360. The number of hydrogen-bond acceptors (Lipinski definition) is 9. The molecule has 1 rings (SSSR count). The van der Waals surface area contributed by atoms with Crippen molar-refractivity contribution in [2.75, 3.05) is 13.3 Å². The van der Waals surface area contributed by atoms with E-state index in [4.69, 9.17) is 29.7 Å². The minimum atomic E-state index is -5.57. The van der Waals surface area contributed by atoms with Crippen molar-refractivity contribution in [1.82, 2.24) is 0 Å². The first kappa shape index (κ1) is 22.7. The molecule has 0 amide bonds. The van der Waals surface area contributed by atoms with Gasteiger partial charge in [-0.1, -0.05) is 5.11 Å². The lowest BCUT2D eigenvalue weighted by molar-refractivity contribution is -0.0418. The minimum absolute atomic E-state index is 0.314. The Morgan fingerprint density at radius 3 is 2.40 bits per heavy atom. The summed E-state index contributed by atoms with van der Waals surface area (Å²) in [5, 5.41) is 3.16. The molecule has 146 valence electrons. The zero-order valence-electron chi connectivity index (χ0n) is 12.6. The van der Waals surface area contributed by atoms with Crippen LogP contribution in [0, 0.1) is 0 Å². The fourth-order valence-electron chi connectivity index (χ4n) is 1.87. The summed E-state index contributed by atoms with van der Waals surface area (Å²) in [7, 11) is -16.3. The van der Waals surface area contributed by atoms with E-state index in [1.54, 1.807) is 6.92 Å². The highest BCUT2D eigenvalue weighted by atomic mass is 31.3. The fraction of sp³-hybridized carbons (Fsp3) is 1.00. The van der Waals surface area contributed by atoms with Crippen molar-refractivity contribution >= 4 is 23.5 Å². The number of phosphoric acid groups is 3. The predicted octanol–water partition coefficient (Wildman–Crippen LogP) is 1.16. The third-order valence-corrected chi connectivity index (χ3v) is 6.42. The summed E-state index contributed by atoms with van der Waals surface area (Å²) >= 11 is 0. The summed E-state index contributed by atoms with van der Waals surface area (Å²) in [6.07, 6.45) is -1.52. The molecule has 0 spiro atoms. The average Bonchev–Trinajstić information content (AvgIpc) is 2.73. The van der Waals surface area contributed by atoms with Crippen LogP contribution >= 0.6 is 23.5 Å². The van der Waals surface area contributed by atoms with E-state index in [-0.39, 0.29) is 12.8 Å². The van der Waals surface area contributed by atoms with Gasteiger partial charge in [0.05, 0.1) is 18.8 Å². The topological polar surface area (TPSA) is 227 Å². The Bertz CT molecular complexity index is 646. The van der Waals surface area contributed by atoms with Crippen LogP contribution in [-0.2, 0) is 36.3 Å². The molecule has 0 aliphatic carbocycles. The van der Waals surface area contributed by atoms with Gasteiger partial charge in [0.2, 0.25) is 0 Å². The molecule has 18 heteroatoms. The predicted molar refractivity (Wildman–Crippen MR) is 77.7 cm³/mol. The van der Waals surface area contributed by atoms with Crippen LogP contribution < -0.4 is 0 Å². The van der Waals surface area contributed by atoms with E-state index < -0.39 is 42.3 Å². The van der Waals surface area contributed by atoms with Gasteiger partial charge in [-0.3, -0.25) is 4.52 Å². The van der Waals surface area contributed by atoms with Gasteiger partial charge in [-0.2, -0.15) is 8.62 Å². The van der Waals surface area contributed by atoms with E-state index >= 15 is 0 Å². The number of ether oxygens (including phenoxy) is 2. The van der Waals surface area contributed by atoms with E-state index in [1.807, 2.05) is 0 Å². The monoisotopic (exact) mass is 427 g/mol. The van der Waals surface area contributed by atoms with Crippen LogP contribution in [0.25, 0.3) is 10.4 Å². The molecule has 0 saturated carbocycles. The van der Waals surface area contributed by atoms with E-state index in [0.717, 1.165) is 0 Å².